The lowest BCUT2D eigenvalue weighted by Gasteiger charge is -2.13. The van der Waals surface area contributed by atoms with Crippen LogP contribution in [-0.4, -0.2) is 22.7 Å². The number of nitrogens with one attached hydrogen (secondary N) is 1. The number of nitrogens with two attached hydrogens (primary N) is 1. The minimum Gasteiger partial charge on any atom is -0.398 e. The molecule has 0 aliphatic heterocycles. The zero-order valence-corrected chi connectivity index (χ0v) is 9.85. The fraction of sp³-hybridized carbons (Fsp3) is 0.308. The van der Waals surface area contributed by atoms with Gasteiger partial charge in [0.2, 0.25) is 0 Å². The van der Waals surface area contributed by atoms with Gasteiger partial charge in [0, 0.05) is 23.8 Å². The van der Waals surface area contributed by atoms with E-state index >= 15 is 0 Å². The van der Waals surface area contributed by atoms with E-state index < -0.39 is 0 Å². The molecule has 4 nitrogen and oxygen atoms in total. The van der Waals surface area contributed by atoms with Gasteiger partial charge in [0.05, 0.1) is 17.3 Å². The Morgan fingerprint density at radius 3 is 3.00 bits per heavy atom. The lowest BCUT2D eigenvalue weighted by atomic mass is 10.1. The molecule has 1 aromatic heterocycles. The number of aromatic nitrogens is 1. The lowest BCUT2D eigenvalue weighted by molar-refractivity contribution is 0.183. The van der Waals surface area contributed by atoms with Gasteiger partial charge in [0.1, 0.15) is 0 Å². The number of rotatable bonds is 4. The Bertz CT molecular complexity index is 513. The molecule has 0 saturated carbocycles. The summed E-state index contributed by atoms with van der Waals surface area (Å²) in [7, 11) is 0. The molecule has 0 aliphatic carbocycles. The maximum atomic E-state index is 9.54. The predicted octanol–water partition coefficient (Wildman–Crippen LogP) is 2.00. The van der Waals surface area contributed by atoms with Crippen LogP contribution in [0.3, 0.4) is 0 Å². The second-order valence-corrected chi connectivity index (χ2v) is 4.04. The van der Waals surface area contributed by atoms with Gasteiger partial charge in [-0.15, -0.1) is 0 Å². The van der Waals surface area contributed by atoms with Gasteiger partial charge in [-0.25, -0.2) is 0 Å². The van der Waals surface area contributed by atoms with Gasteiger partial charge in [0.25, 0.3) is 0 Å². The Kier molecular flexibility index (Phi) is 3.44. The predicted molar refractivity (Wildman–Crippen MR) is 70.9 cm³/mol. The number of hydrogen-bond acceptors (Lipinski definition) is 4. The minimum absolute atomic E-state index is 0.341. The highest BCUT2D eigenvalue weighted by molar-refractivity contribution is 5.98. The van der Waals surface area contributed by atoms with Crippen molar-refractivity contribution in [3.05, 3.63) is 30.5 Å². The fourth-order valence-electron chi connectivity index (χ4n) is 1.71. The molecule has 4 heteroatoms. The molecule has 4 N–H and O–H groups in total. The number of pyridine rings is 1. The normalized spacial score (nSPS) is 12.6. The number of hydrogen-bond donors (Lipinski definition) is 3. The van der Waals surface area contributed by atoms with E-state index in [1.807, 2.05) is 31.2 Å². The second kappa shape index (κ2) is 5.01. The number of anilines is 2. The third-order valence-corrected chi connectivity index (χ3v) is 2.80. The van der Waals surface area contributed by atoms with Gasteiger partial charge in [-0.05, 0) is 30.7 Å². The van der Waals surface area contributed by atoms with E-state index in [-0.39, 0.29) is 6.10 Å². The first-order valence-electron chi connectivity index (χ1n) is 5.77. The van der Waals surface area contributed by atoms with Crippen molar-refractivity contribution in [1.29, 1.82) is 0 Å². The van der Waals surface area contributed by atoms with E-state index in [9.17, 15) is 5.11 Å². The van der Waals surface area contributed by atoms with Crippen molar-refractivity contribution >= 4 is 22.3 Å². The maximum Gasteiger partial charge on any atom is 0.0953 e. The maximum absolute atomic E-state index is 9.54. The van der Waals surface area contributed by atoms with Crippen molar-refractivity contribution in [2.24, 2.45) is 0 Å². The van der Waals surface area contributed by atoms with E-state index in [2.05, 4.69) is 10.3 Å². The number of nitrogen functional groups attached to an aromatic ring is 1. The summed E-state index contributed by atoms with van der Waals surface area (Å²) in [5.41, 5.74) is 8.36. The highest BCUT2D eigenvalue weighted by atomic mass is 16.3. The summed E-state index contributed by atoms with van der Waals surface area (Å²) in [4.78, 5) is 4.32. The van der Waals surface area contributed by atoms with Crippen LogP contribution < -0.4 is 11.1 Å². The van der Waals surface area contributed by atoms with Gasteiger partial charge < -0.3 is 16.2 Å². The molecule has 0 radical (unpaired) electrons. The Morgan fingerprint density at radius 2 is 2.24 bits per heavy atom. The molecule has 90 valence electrons. The molecule has 0 fully saturated rings. The van der Waals surface area contributed by atoms with Crippen LogP contribution in [0.15, 0.2) is 30.5 Å². The SMILES string of the molecule is CCC(O)CNc1ccc(N)c2cccnc12. The van der Waals surface area contributed by atoms with Crippen LogP contribution in [0.5, 0.6) is 0 Å². The third kappa shape index (κ3) is 2.47. The summed E-state index contributed by atoms with van der Waals surface area (Å²) in [6.45, 7) is 2.47. The van der Waals surface area contributed by atoms with E-state index in [4.69, 9.17) is 5.73 Å². The van der Waals surface area contributed by atoms with Crippen molar-refractivity contribution in [3.63, 3.8) is 0 Å². The van der Waals surface area contributed by atoms with Gasteiger partial charge in [-0.3, -0.25) is 4.98 Å². The molecular weight excluding hydrogens is 214 g/mol. The molecule has 1 aromatic carbocycles. The molecule has 0 amide bonds. The number of fused-ring (bicyclic) bond motifs is 1. The molecule has 2 rings (SSSR count). The van der Waals surface area contributed by atoms with E-state index in [1.165, 1.54) is 0 Å². The molecule has 1 unspecified atom stereocenters. The highest BCUT2D eigenvalue weighted by Gasteiger charge is 2.06. The Labute approximate surface area is 100 Å². The summed E-state index contributed by atoms with van der Waals surface area (Å²) in [5.74, 6) is 0. The monoisotopic (exact) mass is 231 g/mol. The molecule has 2 aromatic rings. The van der Waals surface area contributed by atoms with Gasteiger partial charge in [-0.1, -0.05) is 6.92 Å². The number of aliphatic hydroxyl groups is 1. The summed E-state index contributed by atoms with van der Waals surface area (Å²) in [5, 5.41) is 13.7. The van der Waals surface area contributed by atoms with Crippen molar-refractivity contribution in [2.45, 2.75) is 19.4 Å². The average molecular weight is 231 g/mol. The average Bonchev–Trinajstić information content (AvgIpc) is 2.38. The smallest absolute Gasteiger partial charge is 0.0953 e. The number of benzene rings is 1. The standard InChI is InChI=1S/C13H17N3O/c1-2-9(17)8-16-12-6-5-11(14)10-4-3-7-15-13(10)12/h3-7,9,16-17H,2,8,14H2,1H3. The van der Waals surface area contributed by atoms with Crippen LogP contribution >= 0.6 is 0 Å². The van der Waals surface area contributed by atoms with Crippen LogP contribution in [0.1, 0.15) is 13.3 Å². The largest absolute Gasteiger partial charge is 0.398 e. The molecule has 0 bridgehead atoms. The van der Waals surface area contributed by atoms with Gasteiger partial charge in [0.15, 0.2) is 0 Å². The van der Waals surface area contributed by atoms with Crippen molar-refractivity contribution < 1.29 is 5.11 Å². The summed E-state index contributed by atoms with van der Waals surface area (Å²) < 4.78 is 0. The van der Waals surface area contributed by atoms with E-state index in [0.29, 0.717) is 6.54 Å². The van der Waals surface area contributed by atoms with Crippen molar-refractivity contribution in [1.82, 2.24) is 4.98 Å². The third-order valence-electron chi connectivity index (χ3n) is 2.80. The Morgan fingerprint density at radius 1 is 1.41 bits per heavy atom. The topological polar surface area (TPSA) is 71.2 Å². The Balaban J connectivity index is 2.32. The molecule has 0 saturated heterocycles. The van der Waals surface area contributed by atoms with E-state index in [1.54, 1.807) is 6.20 Å². The summed E-state index contributed by atoms with van der Waals surface area (Å²) in [6, 6.07) is 7.56. The molecule has 1 heterocycles. The molecule has 1 atom stereocenters. The minimum atomic E-state index is -0.341. The number of nitrogens with zero attached hydrogens (tertiary/aromatic N) is 1. The van der Waals surface area contributed by atoms with E-state index in [0.717, 1.165) is 28.7 Å². The molecule has 17 heavy (non-hydrogen) atoms. The summed E-state index contributed by atoms with van der Waals surface area (Å²) >= 11 is 0. The molecule has 0 spiro atoms. The molecule has 0 aliphatic rings. The number of aliphatic hydroxyl groups excluding tert-OH is 1. The Hall–Kier alpha value is -1.81. The second-order valence-electron chi connectivity index (χ2n) is 4.04. The van der Waals surface area contributed by atoms with Crippen LogP contribution in [0.4, 0.5) is 11.4 Å². The van der Waals surface area contributed by atoms with Gasteiger partial charge in [-0.2, -0.15) is 0 Å². The first-order chi connectivity index (χ1) is 8.22. The zero-order chi connectivity index (χ0) is 12.3. The van der Waals surface area contributed by atoms with Crippen LogP contribution in [0, 0.1) is 0 Å². The van der Waals surface area contributed by atoms with Crippen molar-refractivity contribution in [3.8, 4) is 0 Å². The zero-order valence-electron chi connectivity index (χ0n) is 9.85. The molecular formula is C13H17N3O. The van der Waals surface area contributed by atoms with Crippen LogP contribution in [-0.2, 0) is 0 Å². The highest BCUT2D eigenvalue weighted by Crippen LogP contribution is 2.26. The van der Waals surface area contributed by atoms with Crippen LogP contribution in [0.25, 0.3) is 10.9 Å². The van der Waals surface area contributed by atoms with Crippen LogP contribution in [0.2, 0.25) is 0 Å². The quantitative estimate of drug-likeness (QED) is 0.704. The van der Waals surface area contributed by atoms with Crippen molar-refractivity contribution in [2.75, 3.05) is 17.6 Å². The first-order valence-corrected chi connectivity index (χ1v) is 5.77. The van der Waals surface area contributed by atoms with Gasteiger partial charge >= 0.3 is 0 Å². The lowest BCUT2D eigenvalue weighted by Crippen LogP contribution is -2.18. The first kappa shape index (κ1) is 11.7. The fourth-order valence-corrected chi connectivity index (χ4v) is 1.71. The summed E-state index contributed by atoms with van der Waals surface area (Å²) in [6.07, 6.45) is 2.13.